The molecule has 8 rings (SSSR count). The number of methoxy groups -OCH3 is 3. The number of carbonyl (C=O) groups excluding carboxylic acids is 5. The minimum absolute atomic E-state index is 0.0718. The summed E-state index contributed by atoms with van der Waals surface area (Å²) in [6.45, 7) is 3.72. The maximum Gasteiger partial charge on any atom is 0.423 e. The van der Waals surface area contributed by atoms with Crippen LogP contribution in [0.4, 0.5) is 10.6 Å². The molecule has 2 aromatic heterocycles. The molecule has 4 aromatic rings. The van der Waals surface area contributed by atoms with Crippen LogP contribution in [-0.4, -0.2) is 70.8 Å². The normalized spacial score (nSPS) is 26.5. The fraction of sp³-hybridized carbons (Fsp3) is 0.368. The highest BCUT2D eigenvalue weighted by Gasteiger charge is 2.68. The number of hydrogen-bond donors (Lipinski definition) is 1. The number of thiophene rings is 1. The number of aryl methyl sites for hydroxylation is 2. The van der Waals surface area contributed by atoms with Crippen molar-refractivity contribution in [3.8, 4) is 27.8 Å². The van der Waals surface area contributed by atoms with Gasteiger partial charge in [0, 0.05) is 28.8 Å². The molecule has 2 saturated heterocycles. The summed E-state index contributed by atoms with van der Waals surface area (Å²) >= 11 is 7.83. The van der Waals surface area contributed by atoms with Crippen molar-refractivity contribution in [2.24, 2.45) is 36.1 Å². The van der Waals surface area contributed by atoms with Gasteiger partial charge in [0.05, 0.1) is 49.4 Å². The first-order chi connectivity index (χ1) is 25.3. The standard InChI is InChI=1S/C38H35ClN4O9S/c1-16-21-13-18(39)7-10-27(21)53-32(16)24-15-28(41(3)40-24)42-34(46)23-14-22-19(8-9-20-29(22)35(47)43(33(20)45)37(49)52-6)30(38(23,2)36(42)48)17-11-25(50-4)31(44)26(12-17)51-5/h7-8,10-13,15,20,22-23,29-30,44H,9,14H2,1-6H3/t20-,22+,23-,29-,30-,38+/m0/s1. The molecule has 0 radical (unpaired) electrons. The SMILES string of the molecule is COC(=O)N1C(=O)[C@H]2[C@H](CC=C3[C@H]2C[C@H]2C(=O)N(c4cc(-c5sc6ccc(Cl)cc6c5C)nn4C)C(=O)[C@@]2(C)[C@H]3c2cc(OC)c(O)c(OC)c2)C1=O. The van der Waals surface area contributed by atoms with E-state index in [0.717, 1.165) is 27.6 Å². The number of ether oxygens (including phenoxy) is 3. The molecule has 2 aliphatic heterocycles. The molecule has 0 bridgehead atoms. The molecular formula is C38H35ClN4O9S. The fourth-order valence-electron chi connectivity index (χ4n) is 9.18. The number of aromatic nitrogens is 2. The predicted molar refractivity (Wildman–Crippen MR) is 194 cm³/mol. The quantitative estimate of drug-likeness (QED) is 0.190. The number of anilines is 1. The summed E-state index contributed by atoms with van der Waals surface area (Å²) in [5, 5.41) is 17.2. The molecule has 5 amide bonds. The number of allylic oxidation sites excluding steroid dienone is 2. The van der Waals surface area contributed by atoms with Gasteiger partial charge in [-0.25, -0.2) is 9.69 Å². The lowest BCUT2D eigenvalue weighted by molar-refractivity contribution is -0.138. The van der Waals surface area contributed by atoms with E-state index < -0.39 is 64.7 Å². The summed E-state index contributed by atoms with van der Waals surface area (Å²) in [6, 6.07) is 10.6. The van der Waals surface area contributed by atoms with Gasteiger partial charge >= 0.3 is 6.09 Å². The molecule has 2 aromatic carbocycles. The van der Waals surface area contributed by atoms with Gasteiger partial charge in [-0.2, -0.15) is 10.00 Å². The Morgan fingerprint density at radius 2 is 1.70 bits per heavy atom. The topological polar surface area (TPSA) is 158 Å². The Labute approximate surface area is 312 Å². The molecule has 1 N–H and O–H groups in total. The van der Waals surface area contributed by atoms with E-state index in [2.05, 4.69) is 0 Å². The van der Waals surface area contributed by atoms with Crippen LogP contribution in [0.2, 0.25) is 5.02 Å². The predicted octanol–water partition coefficient (Wildman–Crippen LogP) is 5.98. The third-order valence-electron chi connectivity index (χ3n) is 11.7. The number of fused-ring (bicyclic) bond motifs is 5. The number of aromatic hydroxyl groups is 1. The molecular weight excluding hydrogens is 724 g/mol. The van der Waals surface area contributed by atoms with Gasteiger partial charge in [-0.1, -0.05) is 23.3 Å². The van der Waals surface area contributed by atoms with Gasteiger partial charge in [-0.15, -0.1) is 11.3 Å². The van der Waals surface area contributed by atoms with Crippen molar-refractivity contribution in [1.82, 2.24) is 14.7 Å². The summed E-state index contributed by atoms with van der Waals surface area (Å²) in [5.74, 6) is -6.34. The second-order valence-electron chi connectivity index (χ2n) is 14.1. The number of amides is 5. The van der Waals surface area contributed by atoms with E-state index in [9.17, 15) is 24.3 Å². The lowest BCUT2D eigenvalue weighted by Gasteiger charge is -2.49. The average molecular weight is 759 g/mol. The zero-order valence-electron chi connectivity index (χ0n) is 29.6. The molecule has 0 spiro atoms. The first-order valence-electron chi connectivity index (χ1n) is 17.0. The van der Waals surface area contributed by atoms with Gasteiger partial charge < -0.3 is 19.3 Å². The molecule has 3 fully saturated rings. The third-order valence-corrected chi connectivity index (χ3v) is 13.2. The van der Waals surface area contributed by atoms with Crippen molar-refractivity contribution in [2.75, 3.05) is 26.2 Å². The van der Waals surface area contributed by atoms with Gasteiger partial charge in [-0.05, 0) is 79.5 Å². The summed E-state index contributed by atoms with van der Waals surface area (Å²) in [5.41, 5.74) is 1.34. The van der Waals surface area contributed by atoms with Crippen molar-refractivity contribution < 1.29 is 43.3 Å². The molecule has 4 aliphatic rings. The summed E-state index contributed by atoms with van der Waals surface area (Å²) < 4.78 is 18.3. The highest BCUT2D eigenvalue weighted by molar-refractivity contribution is 7.22. The van der Waals surface area contributed by atoms with Gasteiger partial charge in [0.1, 0.15) is 11.5 Å². The van der Waals surface area contributed by atoms with Crippen molar-refractivity contribution in [3.63, 3.8) is 0 Å². The highest BCUT2D eigenvalue weighted by atomic mass is 35.5. The second kappa shape index (κ2) is 12.2. The van der Waals surface area contributed by atoms with Crippen molar-refractivity contribution >= 4 is 68.6 Å². The highest BCUT2D eigenvalue weighted by Crippen LogP contribution is 2.64. The smallest absolute Gasteiger partial charge is 0.423 e. The van der Waals surface area contributed by atoms with Crippen LogP contribution in [0.3, 0.4) is 0 Å². The number of likely N-dealkylation sites (tertiary alicyclic amines) is 1. The van der Waals surface area contributed by atoms with Crippen LogP contribution in [0.15, 0.2) is 48.0 Å². The van der Waals surface area contributed by atoms with E-state index in [1.807, 2.05) is 31.2 Å². The molecule has 15 heteroatoms. The van der Waals surface area contributed by atoms with Crippen LogP contribution in [0, 0.1) is 36.0 Å². The Kier molecular flexibility index (Phi) is 8.00. The van der Waals surface area contributed by atoms with Crippen molar-refractivity contribution in [1.29, 1.82) is 0 Å². The van der Waals surface area contributed by atoms with E-state index in [1.54, 1.807) is 32.2 Å². The zero-order valence-corrected chi connectivity index (χ0v) is 31.2. The van der Waals surface area contributed by atoms with E-state index in [0.29, 0.717) is 26.8 Å². The molecule has 13 nitrogen and oxygen atoms in total. The van der Waals surface area contributed by atoms with Crippen molar-refractivity contribution in [3.05, 3.63) is 64.2 Å². The molecule has 4 heterocycles. The minimum Gasteiger partial charge on any atom is -0.502 e. The lowest BCUT2D eigenvalue weighted by atomic mass is 9.51. The Morgan fingerprint density at radius 1 is 1.00 bits per heavy atom. The van der Waals surface area contributed by atoms with Crippen LogP contribution in [0.25, 0.3) is 20.7 Å². The Morgan fingerprint density at radius 3 is 2.36 bits per heavy atom. The number of halogens is 1. The largest absolute Gasteiger partial charge is 0.502 e. The summed E-state index contributed by atoms with van der Waals surface area (Å²) in [6.07, 6.45) is 0.995. The van der Waals surface area contributed by atoms with E-state index in [1.165, 1.54) is 35.1 Å². The van der Waals surface area contributed by atoms with Crippen LogP contribution in [0.1, 0.15) is 36.8 Å². The number of imide groups is 4. The average Bonchev–Trinajstić information content (AvgIpc) is 3.81. The monoisotopic (exact) mass is 758 g/mol. The first-order valence-corrected chi connectivity index (χ1v) is 18.2. The number of carbonyl (C=O) groups is 5. The number of rotatable bonds is 5. The van der Waals surface area contributed by atoms with Crippen LogP contribution < -0.4 is 14.4 Å². The van der Waals surface area contributed by atoms with Crippen molar-refractivity contribution in [2.45, 2.75) is 32.6 Å². The molecule has 6 atom stereocenters. The summed E-state index contributed by atoms with van der Waals surface area (Å²) in [4.78, 5) is 72.5. The Balaban J connectivity index is 1.28. The molecule has 53 heavy (non-hydrogen) atoms. The van der Waals surface area contributed by atoms with E-state index in [4.69, 9.17) is 30.9 Å². The van der Waals surface area contributed by atoms with E-state index in [-0.39, 0.29) is 35.9 Å². The van der Waals surface area contributed by atoms with Gasteiger partial charge in [0.15, 0.2) is 11.5 Å². The third kappa shape index (κ3) is 4.74. The summed E-state index contributed by atoms with van der Waals surface area (Å²) in [7, 11) is 5.55. The van der Waals surface area contributed by atoms with Gasteiger partial charge in [-0.3, -0.25) is 23.9 Å². The fourth-order valence-corrected chi connectivity index (χ4v) is 10.5. The van der Waals surface area contributed by atoms with E-state index >= 15 is 4.79 Å². The second-order valence-corrected chi connectivity index (χ2v) is 15.6. The molecule has 274 valence electrons. The number of phenolic OH excluding ortho intramolecular Hbond substituents is 1. The molecule has 1 saturated carbocycles. The van der Waals surface area contributed by atoms with Crippen LogP contribution in [-0.2, 0) is 31.0 Å². The van der Waals surface area contributed by atoms with Gasteiger partial charge in [0.2, 0.25) is 29.4 Å². The number of nitrogens with zero attached hydrogens (tertiary/aromatic N) is 4. The Hall–Kier alpha value is -5.21. The first kappa shape index (κ1) is 34.9. The Bertz CT molecular complexity index is 2320. The molecule has 2 aliphatic carbocycles. The van der Waals surface area contributed by atoms with Gasteiger partial charge in [0.25, 0.3) is 0 Å². The molecule has 0 unspecified atom stereocenters. The lowest BCUT2D eigenvalue weighted by Crippen LogP contribution is -2.49. The number of phenols is 1. The van der Waals surface area contributed by atoms with Crippen LogP contribution in [0.5, 0.6) is 17.2 Å². The zero-order chi connectivity index (χ0) is 37.8. The van der Waals surface area contributed by atoms with Crippen LogP contribution >= 0.6 is 22.9 Å². The maximum atomic E-state index is 15.1. The number of benzene rings is 2. The minimum atomic E-state index is -1.40. The maximum absolute atomic E-state index is 15.1. The number of hydrogen-bond acceptors (Lipinski definition) is 11.